The molecule has 1 heterocycles. The third-order valence-electron chi connectivity index (χ3n) is 3.98. The maximum atomic E-state index is 12.4. The molecule has 1 fully saturated rings. The van der Waals surface area contributed by atoms with Gasteiger partial charge in [-0.2, -0.15) is 0 Å². The van der Waals surface area contributed by atoms with E-state index < -0.39 is 0 Å². The number of nitrogens with two attached hydrogens (primary N) is 1. The minimum absolute atomic E-state index is 0.00825. The van der Waals surface area contributed by atoms with Crippen LogP contribution in [-0.4, -0.2) is 36.5 Å². The average Bonchev–Trinajstić information content (AvgIpc) is 2.52. The molecule has 1 aromatic carbocycles. The number of hydrogen-bond acceptors (Lipinski definition) is 3. The van der Waals surface area contributed by atoms with Crippen molar-refractivity contribution in [3.8, 4) is 5.75 Å². The number of carbonyl (C=O) groups excluding carboxylic acids is 1. The largest absolute Gasteiger partial charge is 0.496 e. The van der Waals surface area contributed by atoms with Crippen LogP contribution in [0.15, 0.2) is 30.3 Å². The van der Waals surface area contributed by atoms with Gasteiger partial charge in [0.05, 0.1) is 7.11 Å². The van der Waals surface area contributed by atoms with Gasteiger partial charge in [0.1, 0.15) is 5.75 Å². The molecule has 1 aliphatic heterocycles. The molecule has 4 heteroatoms. The standard InChI is InChI=1S/C17H24N2O2/c1-13(18)15-8-5-6-12-19(15)17(20)11-10-14-7-3-4-9-16(14)21-2/h3-4,7,9-11,13,15H,5-6,8,12,18H2,1-2H3/b11-10+. The van der Waals surface area contributed by atoms with Crippen molar-refractivity contribution >= 4 is 12.0 Å². The zero-order chi connectivity index (χ0) is 15.2. The van der Waals surface area contributed by atoms with Crippen LogP contribution in [0.1, 0.15) is 31.7 Å². The Morgan fingerprint density at radius 1 is 1.43 bits per heavy atom. The van der Waals surface area contributed by atoms with Crippen molar-refractivity contribution in [2.24, 2.45) is 5.73 Å². The molecule has 2 atom stereocenters. The van der Waals surface area contributed by atoms with E-state index in [-0.39, 0.29) is 18.0 Å². The van der Waals surface area contributed by atoms with Gasteiger partial charge >= 0.3 is 0 Å². The van der Waals surface area contributed by atoms with Crippen molar-refractivity contribution in [2.75, 3.05) is 13.7 Å². The van der Waals surface area contributed by atoms with Gasteiger partial charge in [0.15, 0.2) is 0 Å². The fourth-order valence-electron chi connectivity index (χ4n) is 2.84. The number of ether oxygens (including phenoxy) is 1. The first-order valence-electron chi connectivity index (χ1n) is 7.50. The molecule has 0 aromatic heterocycles. The van der Waals surface area contributed by atoms with E-state index >= 15 is 0 Å². The van der Waals surface area contributed by atoms with E-state index in [1.807, 2.05) is 42.2 Å². The summed E-state index contributed by atoms with van der Waals surface area (Å²) in [7, 11) is 1.63. The molecule has 1 aliphatic rings. The number of benzene rings is 1. The molecule has 0 aliphatic carbocycles. The molecule has 0 radical (unpaired) electrons. The van der Waals surface area contributed by atoms with E-state index in [4.69, 9.17) is 10.5 Å². The van der Waals surface area contributed by atoms with Gasteiger partial charge < -0.3 is 15.4 Å². The monoisotopic (exact) mass is 288 g/mol. The second-order valence-corrected chi connectivity index (χ2v) is 5.53. The maximum absolute atomic E-state index is 12.4. The quantitative estimate of drug-likeness (QED) is 0.866. The maximum Gasteiger partial charge on any atom is 0.246 e. The molecule has 0 saturated carbocycles. The van der Waals surface area contributed by atoms with E-state index in [9.17, 15) is 4.79 Å². The lowest BCUT2D eigenvalue weighted by atomic mass is 9.97. The van der Waals surface area contributed by atoms with Gasteiger partial charge in [0.25, 0.3) is 0 Å². The molecule has 4 nitrogen and oxygen atoms in total. The molecule has 114 valence electrons. The SMILES string of the molecule is COc1ccccc1/C=C/C(=O)N1CCCCC1C(C)N. The number of nitrogens with zero attached hydrogens (tertiary/aromatic N) is 1. The van der Waals surface area contributed by atoms with E-state index in [0.29, 0.717) is 0 Å². The first kappa shape index (κ1) is 15.6. The van der Waals surface area contributed by atoms with Crippen LogP contribution in [0.2, 0.25) is 0 Å². The predicted molar refractivity (Wildman–Crippen MR) is 85.0 cm³/mol. The number of carbonyl (C=O) groups is 1. The Balaban J connectivity index is 2.10. The molecular weight excluding hydrogens is 264 g/mol. The number of likely N-dealkylation sites (tertiary alicyclic amines) is 1. The molecule has 21 heavy (non-hydrogen) atoms. The topological polar surface area (TPSA) is 55.6 Å². The normalized spacial score (nSPS) is 20.5. The van der Waals surface area contributed by atoms with Crippen LogP contribution >= 0.6 is 0 Å². The lowest BCUT2D eigenvalue weighted by molar-refractivity contribution is -0.129. The summed E-state index contributed by atoms with van der Waals surface area (Å²) in [5, 5.41) is 0. The van der Waals surface area contributed by atoms with Gasteiger partial charge in [-0.15, -0.1) is 0 Å². The van der Waals surface area contributed by atoms with E-state index in [0.717, 1.165) is 37.1 Å². The van der Waals surface area contributed by atoms with Gasteiger partial charge in [-0.05, 0) is 38.3 Å². The smallest absolute Gasteiger partial charge is 0.246 e. The molecule has 1 aromatic rings. The summed E-state index contributed by atoms with van der Waals surface area (Å²) in [5.74, 6) is 0.798. The zero-order valence-electron chi connectivity index (χ0n) is 12.8. The summed E-state index contributed by atoms with van der Waals surface area (Å²) in [6.07, 6.45) is 6.63. The van der Waals surface area contributed by atoms with Crippen molar-refractivity contribution in [1.82, 2.24) is 4.90 Å². The Morgan fingerprint density at radius 3 is 2.90 bits per heavy atom. The van der Waals surface area contributed by atoms with Crippen molar-refractivity contribution in [1.29, 1.82) is 0 Å². The molecule has 2 rings (SSSR count). The van der Waals surface area contributed by atoms with E-state index in [2.05, 4.69) is 0 Å². The minimum Gasteiger partial charge on any atom is -0.496 e. The highest BCUT2D eigenvalue weighted by Crippen LogP contribution is 2.21. The van der Waals surface area contributed by atoms with Crippen LogP contribution in [0.25, 0.3) is 6.08 Å². The summed E-state index contributed by atoms with van der Waals surface area (Å²) < 4.78 is 5.29. The first-order valence-corrected chi connectivity index (χ1v) is 7.50. The summed E-state index contributed by atoms with van der Waals surface area (Å²) in [6, 6.07) is 7.81. The van der Waals surface area contributed by atoms with Gasteiger partial charge in [0, 0.05) is 30.3 Å². The van der Waals surface area contributed by atoms with E-state index in [1.54, 1.807) is 13.2 Å². The van der Waals surface area contributed by atoms with Crippen LogP contribution < -0.4 is 10.5 Å². The summed E-state index contributed by atoms with van der Waals surface area (Å²) in [5.41, 5.74) is 6.92. The second kappa shape index (κ2) is 7.27. The lowest BCUT2D eigenvalue weighted by Crippen LogP contribution is -2.51. The highest BCUT2D eigenvalue weighted by Gasteiger charge is 2.27. The Labute approximate surface area is 126 Å². The van der Waals surface area contributed by atoms with Gasteiger partial charge in [-0.25, -0.2) is 0 Å². The Bertz CT molecular complexity index is 511. The van der Waals surface area contributed by atoms with Crippen LogP contribution in [-0.2, 0) is 4.79 Å². The molecule has 1 amide bonds. The van der Waals surface area contributed by atoms with Gasteiger partial charge in [-0.1, -0.05) is 18.2 Å². The summed E-state index contributed by atoms with van der Waals surface area (Å²) in [4.78, 5) is 14.3. The third-order valence-corrected chi connectivity index (χ3v) is 3.98. The fourth-order valence-corrected chi connectivity index (χ4v) is 2.84. The zero-order valence-corrected chi connectivity index (χ0v) is 12.8. The van der Waals surface area contributed by atoms with Crippen molar-refractivity contribution in [2.45, 2.75) is 38.3 Å². The molecule has 1 saturated heterocycles. The second-order valence-electron chi connectivity index (χ2n) is 5.53. The first-order chi connectivity index (χ1) is 10.1. The number of para-hydroxylation sites is 1. The number of piperidine rings is 1. The van der Waals surface area contributed by atoms with Crippen LogP contribution in [0, 0.1) is 0 Å². The molecule has 0 bridgehead atoms. The summed E-state index contributed by atoms with van der Waals surface area (Å²) in [6.45, 7) is 2.77. The van der Waals surface area contributed by atoms with Crippen LogP contribution in [0.5, 0.6) is 5.75 Å². The van der Waals surface area contributed by atoms with Crippen molar-refractivity contribution in [3.05, 3.63) is 35.9 Å². The number of rotatable bonds is 4. The highest BCUT2D eigenvalue weighted by molar-refractivity contribution is 5.92. The average molecular weight is 288 g/mol. The highest BCUT2D eigenvalue weighted by atomic mass is 16.5. The fraction of sp³-hybridized carbons (Fsp3) is 0.471. The Morgan fingerprint density at radius 2 is 2.19 bits per heavy atom. The van der Waals surface area contributed by atoms with Gasteiger partial charge in [0.2, 0.25) is 5.91 Å². The molecular formula is C17H24N2O2. The Kier molecular flexibility index (Phi) is 5.39. The van der Waals surface area contributed by atoms with Crippen LogP contribution in [0.3, 0.4) is 0 Å². The molecule has 2 unspecified atom stereocenters. The summed E-state index contributed by atoms with van der Waals surface area (Å²) >= 11 is 0. The Hall–Kier alpha value is -1.81. The number of hydrogen-bond donors (Lipinski definition) is 1. The van der Waals surface area contributed by atoms with E-state index in [1.165, 1.54) is 0 Å². The lowest BCUT2D eigenvalue weighted by Gasteiger charge is -2.37. The van der Waals surface area contributed by atoms with Crippen LogP contribution in [0.4, 0.5) is 0 Å². The molecule has 2 N–H and O–H groups in total. The number of amides is 1. The molecule has 0 spiro atoms. The third kappa shape index (κ3) is 3.85. The predicted octanol–water partition coefficient (Wildman–Crippen LogP) is 2.44. The van der Waals surface area contributed by atoms with Gasteiger partial charge in [-0.3, -0.25) is 4.79 Å². The number of methoxy groups -OCH3 is 1. The van der Waals surface area contributed by atoms with Crippen molar-refractivity contribution in [3.63, 3.8) is 0 Å². The minimum atomic E-state index is 0.00825. The van der Waals surface area contributed by atoms with Crippen molar-refractivity contribution < 1.29 is 9.53 Å².